The molecule has 0 radical (unpaired) electrons. The van der Waals surface area contributed by atoms with Gasteiger partial charge in [0.25, 0.3) is 0 Å². The Labute approximate surface area is 148 Å². The topological polar surface area (TPSA) is 67.2 Å². The molecule has 24 heavy (non-hydrogen) atoms. The summed E-state index contributed by atoms with van der Waals surface area (Å²) in [7, 11) is 0. The summed E-state index contributed by atoms with van der Waals surface area (Å²) in [4.78, 5) is 16.2. The van der Waals surface area contributed by atoms with Crippen molar-refractivity contribution in [2.45, 2.75) is 26.2 Å². The molecule has 0 aliphatic carbocycles. The lowest BCUT2D eigenvalue weighted by Crippen LogP contribution is -2.34. The summed E-state index contributed by atoms with van der Waals surface area (Å²) in [6, 6.07) is 7.64. The Hall–Kier alpha value is -1.85. The Morgan fingerprint density at radius 1 is 1.50 bits per heavy atom. The first-order valence-electron chi connectivity index (χ1n) is 8.22. The fraction of sp³-hybridized carbons (Fsp3) is 0.444. The van der Waals surface area contributed by atoms with E-state index in [9.17, 15) is 4.79 Å². The van der Waals surface area contributed by atoms with Gasteiger partial charge in [0.15, 0.2) is 12.2 Å². The second kappa shape index (κ2) is 8.85. The number of carbonyl (C=O) groups is 1. The molecule has 2 aromatic rings. The molecule has 5 nitrogen and oxygen atoms in total. The molecule has 3 rings (SSSR count). The number of carbonyl (C=O) groups excluding carboxylic acids is 1. The Bertz CT molecular complexity index is 639. The Balaban J connectivity index is 0.00000208. The summed E-state index contributed by atoms with van der Waals surface area (Å²) in [5, 5.41) is 6.41. The fourth-order valence-corrected chi connectivity index (χ4v) is 3.14. The van der Waals surface area contributed by atoms with Gasteiger partial charge < -0.3 is 15.1 Å². The van der Waals surface area contributed by atoms with Gasteiger partial charge >= 0.3 is 0 Å². The molecule has 2 atom stereocenters. The molecule has 1 fully saturated rings. The monoisotopic (exact) mass is 349 g/mol. The van der Waals surface area contributed by atoms with Crippen molar-refractivity contribution in [2.24, 2.45) is 11.8 Å². The molecule has 2 unspecified atom stereocenters. The third-order valence-electron chi connectivity index (χ3n) is 4.51. The number of rotatable bonds is 5. The van der Waals surface area contributed by atoms with Crippen molar-refractivity contribution in [3.63, 3.8) is 0 Å². The molecule has 2 heterocycles. The largest absolute Gasteiger partial charge is 0.444 e. The molecule has 0 bridgehead atoms. The highest BCUT2D eigenvalue weighted by Crippen LogP contribution is 2.24. The van der Waals surface area contributed by atoms with E-state index in [1.54, 1.807) is 6.20 Å². The van der Waals surface area contributed by atoms with Crippen LogP contribution in [0.4, 0.5) is 5.69 Å². The highest BCUT2D eigenvalue weighted by atomic mass is 35.5. The zero-order valence-electron chi connectivity index (χ0n) is 13.8. The summed E-state index contributed by atoms with van der Waals surface area (Å²) in [5.41, 5.74) is 1.70. The van der Waals surface area contributed by atoms with Crippen molar-refractivity contribution in [2.75, 3.05) is 18.4 Å². The zero-order chi connectivity index (χ0) is 16.1. The molecule has 1 saturated heterocycles. The average Bonchev–Trinajstić information content (AvgIpc) is 3.10. The summed E-state index contributed by atoms with van der Waals surface area (Å²) >= 11 is 0. The minimum atomic E-state index is 0. The van der Waals surface area contributed by atoms with Crippen LogP contribution in [0.15, 0.2) is 41.3 Å². The predicted molar refractivity (Wildman–Crippen MR) is 97.2 cm³/mol. The summed E-state index contributed by atoms with van der Waals surface area (Å²) < 4.78 is 5.29. The third kappa shape index (κ3) is 4.82. The zero-order valence-corrected chi connectivity index (χ0v) is 14.6. The summed E-state index contributed by atoms with van der Waals surface area (Å²) in [6.45, 7) is 4.29. The van der Waals surface area contributed by atoms with Gasteiger partial charge in [-0.05, 0) is 49.9 Å². The van der Waals surface area contributed by atoms with Crippen LogP contribution in [0.1, 0.15) is 26.2 Å². The number of anilines is 1. The van der Waals surface area contributed by atoms with Gasteiger partial charge in [0.1, 0.15) is 0 Å². The van der Waals surface area contributed by atoms with Crippen LogP contribution in [-0.4, -0.2) is 24.0 Å². The lowest BCUT2D eigenvalue weighted by molar-refractivity contribution is -0.117. The molecule has 1 aromatic heterocycles. The predicted octanol–water partition coefficient (Wildman–Crippen LogP) is 3.73. The minimum absolute atomic E-state index is 0. The minimum Gasteiger partial charge on any atom is -0.444 e. The Morgan fingerprint density at radius 2 is 2.38 bits per heavy atom. The maximum Gasteiger partial charge on any atom is 0.224 e. The quantitative estimate of drug-likeness (QED) is 0.863. The fourth-order valence-electron chi connectivity index (χ4n) is 3.14. The van der Waals surface area contributed by atoms with Crippen molar-refractivity contribution in [1.82, 2.24) is 10.3 Å². The lowest BCUT2D eigenvalue weighted by atomic mass is 9.85. The van der Waals surface area contributed by atoms with E-state index in [-0.39, 0.29) is 18.3 Å². The Kier molecular flexibility index (Phi) is 6.82. The van der Waals surface area contributed by atoms with Crippen LogP contribution >= 0.6 is 12.4 Å². The summed E-state index contributed by atoms with van der Waals surface area (Å²) in [5.74, 6) is 1.75. The van der Waals surface area contributed by atoms with Gasteiger partial charge in [-0.25, -0.2) is 4.98 Å². The van der Waals surface area contributed by atoms with Crippen molar-refractivity contribution >= 4 is 24.0 Å². The molecule has 6 heteroatoms. The van der Waals surface area contributed by atoms with Crippen LogP contribution in [-0.2, 0) is 4.79 Å². The number of amides is 1. The first-order chi connectivity index (χ1) is 11.2. The van der Waals surface area contributed by atoms with Gasteiger partial charge in [0.05, 0.1) is 6.20 Å². The van der Waals surface area contributed by atoms with Crippen molar-refractivity contribution < 1.29 is 9.21 Å². The number of halogens is 1. The van der Waals surface area contributed by atoms with E-state index in [0.29, 0.717) is 24.0 Å². The van der Waals surface area contributed by atoms with Crippen LogP contribution in [0.5, 0.6) is 0 Å². The van der Waals surface area contributed by atoms with Crippen molar-refractivity contribution in [3.05, 3.63) is 36.9 Å². The van der Waals surface area contributed by atoms with Gasteiger partial charge in [-0.1, -0.05) is 19.1 Å². The van der Waals surface area contributed by atoms with Gasteiger partial charge in [-0.3, -0.25) is 4.79 Å². The molecular weight excluding hydrogens is 326 g/mol. The summed E-state index contributed by atoms with van der Waals surface area (Å²) in [6.07, 6.45) is 6.04. The molecule has 1 aliphatic rings. The van der Waals surface area contributed by atoms with E-state index in [1.807, 2.05) is 24.3 Å². The van der Waals surface area contributed by atoms with Crippen LogP contribution in [0.2, 0.25) is 0 Å². The molecule has 1 amide bonds. The SMILES string of the molecule is CC(CC(=O)Nc1cccc(-c2cnco2)c1)C1CCCNC1.Cl. The van der Waals surface area contributed by atoms with Gasteiger partial charge in [-0.15, -0.1) is 12.4 Å². The van der Waals surface area contributed by atoms with Crippen molar-refractivity contribution in [3.8, 4) is 11.3 Å². The number of hydrogen-bond acceptors (Lipinski definition) is 4. The van der Waals surface area contributed by atoms with E-state index in [2.05, 4.69) is 22.5 Å². The second-order valence-electron chi connectivity index (χ2n) is 6.28. The standard InChI is InChI=1S/C18H23N3O2.ClH/c1-13(15-5-3-7-19-10-15)8-18(22)21-16-6-2-4-14(9-16)17-11-20-12-23-17;/h2,4,6,9,11-13,15,19H,3,5,7-8,10H2,1H3,(H,21,22);1H. The van der Waals surface area contributed by atoms with Crippen LogP contribution < -0.4 is 10.6 Å². The molecule has 130 valence electrons. The van der Waals surface area contributed by atoms with E-state index in [4.69, 9.17) is 4.42 Å². The molecule has 0 spiro atoms. The van der Waals surface area contributed by atoms with Crippen molar-refractivity contribution in [1.29, 1.82) is 0 Å². The number of benzene rings is 1. The number of nitrogens with zero attached hydrogens (tertiary/aromatic N) is 1. The van der Waals surface area contributed by atoms with E-state index < -0.39 is 0 Å². The average molecular weight is 350 g/mol. The van der Waals surface area contributed by atoms with Crippen LogP contribution in [0, 0.1) is 11.8 Å². The molecule has 0 saturated carbocycles. The van der Waals surface area contributed by atoms with Gasteiger partial charge in [0, 0.05) is 17.7 Å². The van der Waals surface area contributed by atoms with Crippen LogP contribution in [0.25, 0.3) is 11.3 Å². The van der Waals surface area contributed by atoms with Gasteiger partial charge in [-0.2, -0.15) is 0 Å². The molecule has 2 N–H and O–H groups in total. The normalized spacial score (nSPS) is 18.5. The number of oxazole rings is 1. The maximum atomic E-state index is 12.3. The van der Waals surface area contributed by atoms with E-state index in [1.165, 1.54) is 19.2 Å². The highest BCUT2D eigenvalue weighted by Gasteiger charge is 2.22. The highest BCUT2D eigenvalue weighted by molar-refractivity contribution is 5.91. The van der Waals surface area contributed by atoms with Crippen LogP contribution in [0.3, 0.4) is 0 Å². The van der Waals surface area contributed by atoms with E-state index >= 15 is 0 Å². The maximum absolute atomic E-state index is 12.3. The Morgan fingerprint density at radius 3 is 3.08 bits per heavy atom. The van der Waals surface area contributed by atoms with E-state index in [0.717, 1.165) is 24.3 Å². The number of piperidine rings is 1. The number of aromatic nitrogens is 1. The van der Waals surface area contributed by atoms with Gasteiger partial charge in [0.2, 0.25) is 5.91 Å². The first kappa shape index (κ1) is 18.5. The molecular formula is C18H24ClN3O2. The first-order valence-corrected chi connectivity index (χ1v) is 8.22. The second-order valence-corrected chi connectivity index (χ2v) is 6.28. The lowest BCUT2D eigenvalue weighted by Gasteiger charge is -2.28. The number of nitrogens with one attached hydrogen (secondary N) is 2. The molecule has 1 aromatic carbocycles. The smallest absolute Gasteiger partial charge is 0.224 e. The molecule has 1 aliphatic heterocycles. The third-order valence-corrected chi connectivity index (χ3v) is 4.51. The number of hydrogen-bond donors (Lipinski definition) is 2.